The van der Waals surface area contributed by atoms with E-state index in [0.717, 1.165) is 34.1 Å². The maximum atomic E-state index is 13.2. The Bertz CT molecular complexity index is 1450. The number of benzene rings is 2. The molecule has 0 radical (unpaired) electrons. The van der Waals surface area contributed by atoms with Crippen LogP contribution in [0.5, 0.6) is 5.75 Å². The quantitative estimate of drug-likeness (QED) is 0.381. The zero-order chi connectivity index (χ0) is 22.8. The van der Waals surface area contributed by atoms with Gasteiger partial charge in [-0.3, -0.25) is 14.8 Å². The van der Waals surface area contributed by atoms with E-state index in [9.17, 15) is 4.79 Å². The average molecular weight is 438 g/mol. The average Bonchev–Trinajstić information content (AvgIpc) is 3.26. The van der Waals surface area contributed by atoms with E-state index in [4.69, 9.17) is 4.74 Å². The van der Waals surface area contributed by atoms with Crippen molar-refractivity contribution in [1.82, 2.24) is 24.8 Å². The molecule has 0 fully saturated rings. The Balaban J connectivity index is 1.44. The van der Waals surface area contributed by atoms with E-state index in [-0.39, 0.29) is 11.6 Å². The summed E-state index contributed by atoms with van der Waals surface area (Å²) in [4.78, 5) is 31.7. The number of imidazole rings is 1. The van der Waals surface area contributed by atoms with Crippen LogP contribution in [0.15, 0.2) is 73.2 Å². The number of likely N-dealkylation sites (N-methyl/N-ethyl adjacent to an activating group) is 1. The van der Waals surface area contributed by atoms with Crippen molar-refractivity contribution in [1.29, 1.82) is 0 Å². The topological polar surface area (TPSA) is 84.0 Å². The highest BCUT2D eigenvalue weighted by atomic mass is 16.5. The number of ketones is 1. The normalized spacial score (nSPS) is 11.4. The Kier molecular flexibility index (Phi) is 5.54. The minimum atomic E-state index is -0.196. The number of hydrogen-bond acceptors (Lipinski definition) is 6. The summed E-state index contributed by atoms with van der Waals surface area (Å²) in [7, 11) is 4.00. The predicted molar refractivity (Wildman–Crippen MR) is 129 cm³/mol. The summed E-state index contributed by atoms with van der Waals surface area (Å²) in [6.07, 6.45) is 5.24. The summed E-state index contributed by atoms with van der Waals surface area (Å²) in [6, 6.07) is 17.1. The Morgan fingerprint density at radius 1 is 1.06 bits per heavy atom. The minimum Gasteiger partial charge on any atom is -0.492 e. The van der Waals surface area contributed by atoms with Crippen LogP contribution in [0.3, 0.4) is 0 Å². The molecule has 0 spiro atoms. The molecule has 164 valence electrons. The fourth-order valence-corrected chi connectivity index (χ4v) is 3.71. The SMILES string of the molecule is CN(C)CCOc1ccc2nc(C(=O)c3ccnc(-c4cncc5ccccc45)c3)[nH]c2c1. The Morgan fingerprint density at radius 3 is 2.82 bits per heavy atom. The van der Waals surface area contributed by atoms with E-state index in [1.807, 2.05) is 62.8 Å². The third-order valence-corrected chi connectivity index (χ3v) is 5.44. The second kappa shape index (κ2) is 8.80. The van der Waals surface area contributed by atoms with Gasteiger partial charge in [-0.1, -0.05) is 24.3 Å². The van der Waals surface area contributed by atoms with Gasteiger partial charge in [0.1, 0.15) is 12.4 Å². The van der Waals surface area contributed by atoms with Gasteiger partial charge < -0.3 is 14.6 Å². The molecule has 2 aromatic carbocycles. The highest BCUT2D eigenvalue weighted by molar-refractivity contribution is 6.08. The number of fused-ring (bicyclic) bond motifs is 2. The summed E-state index contributed by atoms with van der Waals surface area (Å²) in [5.74, 6) is 0.823. The first-order chi connectivity index (χ1) is 16.1. The molecule has 5 rings (SSSR count). The fraction of sp³-hybridized carbons (Fsp3) is 0.154. The molecule has 0 saturated heterocycles. The number of aromatic amines is 1. The molecular weight excluding hydrogens is 414 g/mol. The molecule has 1 N–H and O–H groups in total. The number of nitrogens with zero attached hydrogens (tertiary/aromatic N) is 4. The number of ether oxygens (including phenoxy) is 1. The highest BCUT2D eigenvalue weighted by Gasteiger charge is 2.16. The molecule has 0 aliphatic rings. The first-order valence-corrected chi connectivity index (χ1v) is 10.7. The van der Waals surface area contributed by atoms with Gasteiger partial charge in [0.05, 0.1) is 16.7 Å². The molecule has 0 amide bonds. The third-order valence-electron chi connectivity index (χ3n) is 5.44. The lowest BCUT2D eigenvalue weighted by Crippen LogP contribution is -2.19. The van der Waals surface area contributed by atoms with E-state index < -0.39 is 0 Å². The van der Waals surface area contributed by atoms with Crippen LogP contribution in [0.25, 0.3) is 33.1 Å². The van der Waals surface area contributed by atoms with Gasteiger partial charge in [-0.15, -0.1) is 0 Å². The summed E-state index contributed by atoms with van der Waals surface area (Å²) in [5, 5.41) is 2.06. The number of H-pyrrole nitrogens is 1. The van der Waals surface area contributed by atoms with Crippen molar-refractivity contribution in [3.63, 3.8) is 0 Å². The van der Waals surface area contributed by atoms with Crippen LogP contribution in [0.2, 0.25) is 0 Å². The van der Waals surface area contributed by atoms with Gasteiger partial charge in [-0.2, -0.15) is 0 Å². The lowest BCUT2D eigenvalue weighted by molar-refractivity contribution is 0.103. The van der Waals surface area contributed by atoms with Crippen molar-refractivity contribution in [2.24, 2.45) is 0 Å². The standard InChI is InChI=1S/C26H23N5O2/c1-31(2)11-12-33-19-7-8-22-24(14-19)30-26(29-22)25(32)17-9-10-28-23(13-17)21-16-27-15-18-5-3-4-6-20(18)21/h3-10,13-16H,11-12H2,1-2H3,(H,29,30). The monoisotopic (exact) mass is 437 g/mol. The molecule has 0 bridgehead atoms. The van der Waals surface area contributed by atoms with Crippen LogP contribution in [0, 0.1) is 0 Å². The van der Waals surface area contributed by atoms with Crippen LogP contribution >= 0.6 is 0 Å². The second-order valence-electron chi connectivity index (χ2n) is 8.08. The number of nitrogens with one attached hydrogen (secondary N) is 1. The van der Waals surface area contributed by atoms with Gasteiger partial charge in [0.2, 0.25) is 5.78 Å². The van der Waals surface area contributed by atoms with Crippen molar-refractivity contribution in [2.75, 3.05) is 27.2 Å². The fourth-order valence-electron chi connectivity index (χ4n) is 3.71. The van der Waals surface area contributed by atoms with E-state index in [0.29, 0.717) is 23.4 Å². The molecule has 0 aliphatic heterocycles. The van der Waals surface area contributed by atoms with Crippen LogP contribution in [0.1, 0.15) is 16.2 Å². The van der Waals surface area contributed by atoms with Gasteiger partial charge in [-0.05, 0) is 43.7 Å². The van der Waals surface area contributed by atoms with E-state index in [1.165, 1.54) is 0 Å². The van der Waals surface area contributed by atoms with Gasteiger partial charge in [-0.25, -0.2) is 4.98 Å². The van der Waals surface area contributed by atoms with Crippen LogP contribution in [-0.2, 0) is 0 Å². The summed E-state index contributed by atoms with van der Waals surface area (Å²) in [6.45, 7) is 1.41. The van der Waals surface area contributed by atoms with Gasteiger partial charge in [0.25, 0.3) is 0 Å². The highest BCUT2D eigenvalue weighted by Crippen LogP contribution is 2.27. The number of hydrogen-bond donors (Lipinski definition) is 1. The van der Waals surface area contributed by atoms with E-state index >= 15 is 0 Å². The number of carbonyl (C=O) groups excluding carboxylic acids is 1. The first-order valence-electron chi connectivity index (χ1n) is 10.7. The van der Waals surface area contributed by atoms with Gasteiger partial charge in [0, 0.05) is 47.7 Å². The van der Waals surface area contributed by atoms with Crippen LogP contribution < -0.4 is 4.74 Å². The summed E-state index contributed by atoms with van der Waals surface area (Å²) >= 11 is 0. The van der Waals surface area contributed by atoms with Gasteiger partial charge in [0.15, 0.2) is 5.82 Å². The van der Waals surface area contributed by atoms with E-state index in [1.54, 1.807) is 24.5 Å². The minimum absolute atomic E-state index is 0.196. The lowest BCUT2D eigenvalue weighted by atomic mass is 10.0. The molecule has 3 aromatic heterocycles. The van der Waals surface area contributed by atoms with Crippen molar-refractivity contribution in [3.8, 4) is 17.0 Å². The lowest BCUT2D eigenvalue weighted by Gasteiger charge is -2.10. The van der Waals surface area contributed by atoms with Crippen molar-refractivity contribution in [2.45, 2.75) is 0 Å². The zero-order valence-electron chi connectivity index (χ0n) is 18.4. The largest absolute Gasteiger partial charge is 0.492 e. The number of pyridine rings is 2. The van der Waals surface area contributed by atoms with E-state index in [2.05, 4.69) is 24.8 Å². The maximum Gasteiger partial charge on any atom is 0.228 e. The summed E-state index contributed by atoms with van der Waals surface area (Å²) < 4.78 is 5.79. The second-order valence-corrected chi connectivity index (χ2v) is 8.08. The molecular formula is C26H23N5O2. The number of aromatic nitrogens is 4. The summed E-state index contributed by atoms with van der Waals surface area (Å²) in [5.41, 5.74) is 3.55. The molecule has 7 nitrogen and oxygen atoms in total. The Morgan fingerprint density at radius 2 is 1.94 bits per heavy atom. The molecule has 33 heavy (non-hydrogen) atoms. The molecule has 5 aromatic rings. The number of rotatable bonds is 7. The predicted octanol–water partition coefficient (Wildman–Crippen LogP) is 4.34. The van der Waals surface area contributed by atoms with Crippen molar-refractivity contribution < 1.29 is 9.53 Å². The van der Waals surface area contributed by atoms with Crippen molar-refractivity contribution >= 4 is 27.6 Å². The smallest absolute Gasteiger partial charge is 0.228 e. The van der Waals surface area contributed by atoms with Crippen LogP contribution in [0.4, 0.5) is 0 Å². The molecule has 0 unspecified atom stereocenters. The molecule has 0 atom stereocenters. The Hall–Kier alpha value is -4.10. The zero-order valence-corrected chi connectivity index (χ0v) is 18.4. The molecule has 0 saturated carbocycles. The number of carbonyl (C=O) groups is 1. The molecule has 7 heteroatoms. The van der Waals surface area contributed by atoms with Crippen LogP contribution in [-0.4, -0.2) is 57.9 Å². The molecule has 3 heterocycles. The third kappa shape index (κ3) is 4.31. The Labute approximate surface area is 191 Å². The molecule has 0 aliphatic carbocycles. The first kappa shape index (κ1) is 20.8. The van der Waals surface area contributed by atoms with Gasteiger partial charge >= 0.3 is 0 Å². The van der Waals surface area contributed by atoms with Crippen molar-refractivity contribution in [3.05, 3.63) is 84.6 Å². The maximum absolute atomic E-state index is 13.2.